The largest absolute Gasteiger partial charge is 0.545 e. The Hall–Kier alpha value is -2.32. The summed E-state index contributed by atoms with van der Waals surface area (Å²) in [7, 11) is -3.98. The molecule has 0 radical (unpaired) electrons. The summed E-state index contributed by atoms with van der Waals surface area (Å²) in [5.41, 5.74) is 0.00373. The SMILES string of the molecule is O=C([O-])c1cc(S(=O)(=O)N2CCCCC2c2cccnc2)ccc1F. The highest BCUT2D eigenvalue weighted by atomic mass is 32.2. The highest BCUT2D eigenvalue weighted by Crippen LogP contribution is 2.35. The molecule has 0 amide bonds. The van der Waals surface area contributed by atoms with Crippen molar-refractivity contribution in [2.45, 2.75) is 30.2 Å². The fourth-order valence-corrected chi connectivity index (χ4v) is 4.76. The van der Waals surface area contributed by atoms with E-state index < -0.39 is 27.4 Å². The van der Waals surface area contributed by atoms with Crippen LogP contribution < -0.4 is 5.11 Å². The van der Waals surface area contributed by atoms with Crippen molar-refractivity contribution in [3.63, 3.8) is 0 Å². The normalized spacial score (nSPS) is 18.8. The summed E-state index contributed by atoms with van der Waals surface area (Å²) in [5, 5.41) is 11.0. The number of hydrogen-bond donors (Lipinski definition) is 0. The second-order valence-corrected chi connectivity index (χ2v) is 7.73. The summed E-state index contributed by atoms with van der Waals surface area (Å²) in [5.74, 6) is -2.78. The third-order valence-electron chi connectivity index (χ3n) is 4.29. The van der Waals surface area contributed by atoms with Crippen LogP contribution in [0.4, 0.5) is 4.39 Å². The van der Waals surface area contributed by atoms with Gasteiger partial charge in [-0.25, -0.2) is 12.8 Å². The number of aromatic nitrogens is 1. The van der Waals surface area contributed by atoms with E-state index in [9.17, 15) is 22.7 Å². The fourth-order valence-electron chi connectivity index (χ4n) is 3.06. The monoisotopic (exact) mass is 363 g/mol. The van der Waals surface area contributed by atoms with Crippen LogP contribution in [-0.4, -0.2) is 30.2 Å². The van der Waals surface area contributed by atoms with E-state index in [4.69, 9.17) is 0 Å². The summed E-state index contributed by atoms with van der Waals surface area (Å²) in [6.45, 7) is 0.305. The zero-order valence-corrected chi connectivity index (χ0v) is 14.1. The molecule has 8 heteroatoms. The van der Waals surface area contributed by atoms with Crippen molar-refractivity contribution in [3.8, 4) is 0 Å². The Morgan fingerprint density at radius 3 is 2.76 bits per heavy atom. The molecule has 1 aliphatic rings. The zero-order valence-electron chi connectivity index (χ0n) is 13.3. The third kappa shape index (κ3) is 3.40. The van der Waals surface area contributed by atoms with Gasteiger partial charge in [0.25, 0.3) is 0 Å². The number of carbonyl (C=O) groups is 1. The van der Waals surface area contributed by atoms with Crippen molar-refractivity contribution in [1.29, 1.82) is 0 Å². The van der Waals surface area contributed by atoms with E-state index in [0.29, 0.717) is 19.4 Å². The van der Waals surface area contributed by atoms with Crippen LogP contribution in [0.2, 0.25) is 0 Å². The number of hydrogen-bond acceptors (Lipinski definition) is 5. The summed E-state index contributed by atoms with van der Waals surface area (Å²) in [4.78, 5) is 14.8. The lowest BCUT2D eigenvalue weighted by Crippen LogP contribution is -2.38. The van der Waals surface area contributed by atoms with Crippen LogP contribution in [0, 0.1) is 5.82 Å². The number of benzene rings is 1. The molecule has 1 aromatic heterocycles. The average molecular weight is 363 g/mol. The minimum atomic E-state index is -3.98. The first-order valence-corrected chi connectivity index (χ1v) is 9.28. The van der Waals surface area contributed by atoms with E-state index >= 15 is 0 Å². The molecule has 1 unspecified atom stereocenters. The molecule has 3 rings (SSSR count). The molecule has 1 saturated heterocycles. The van der Waals surface area contributed by atoms with Crippen LogP contribution in [0.5, 0.6) is 0 Å². The van der Waals surface area contributed by atoms with Crippen molar-refractivity contribution in [1.82, 2.24) is 9.29 Å². The van der Waals surface area contributed by atoms with Gasteiger partial charge in [0.15, 0.2) is 0 Å². The molecule has 25 heavy (non-hydrogen) atoms. The van der Waals surface area contributed by atoms with Gasteiger partial charge in [0.2, 0.25) is 10.0 Å². The van der Waals surface area contributed by atoms with E-state index in [-0.39, 0.29) is 10.9 Å². The first kappa shape index (κ1) is 17.5. The summed E-state index contributed by atoms with van der Waals surface area (Å²) >= 11 is 0. The molecular weight excluding hydrogens is 347 g/mol. The van der Waals surface area contributed by atoms with Gasteiger partial charge in [-0.2, -0.15) is 4.31 Å². The lowest BCUT2D eigenvalue weighted by Gasteiger charge is -2.34. The van der Waals surface area contributed by atoms with Gasteiger partial charge in [0, 0.05) is 24.5 Å². The standard InChI is InChI=1S/C17H17FN2O4S/c18-15-7-6-13(10-14(15)17(21)22)25(23,24)20-9-2-1-5-16(20)12-4-3-8-19-11-12/h3-4,6-8,10-11,16H,1-2,5,9H2,(H,21,22)/p-1. The highest BCUT2D eigenvalue weighted by Gasteiger charge is 2.34. The Labute approximate surface area is 145 Å². The number of aromatic carboxylic acids is 1. The Morgan fingerprint density at radius 2 is 2.08 bits per heavy atom. The maximum Gasteiger partial charge on any atom is 0.243 e. The van der Waals surface area contributed by atoms with Crippen molar-refractivity contribution in [2.75, 3.05) is 6.54 Å². The molecule has 2 heterocycles. The zero-order chi connectivity index (χ0) is 18.0. The van der Waals surface area contributed by atoms with Crippen molar-refractivity contribution >= 4 is 16.0 Å². The number of carbonyl (C=O) groups excluding carboxylic acids is 1. The molecule has 1 atom stereocenters. The van der Waals surface area contributed by atoms with E-state index in [0.717, 1.165) is 30.2 Å². The van der Waals surface area contributed by atoms with Crippen LogP contribution in [0.1, 0.15) is 41.2 Å². The smallest absolute Gasteiger partial charge is 0.243 e. The fraction of sp³-hybridized carbons (Fsp3) is 0.294. The minimum absolute atomic E-state index is 0.260. The van der Waals surface area contributed by atoms with Crippen LogP contribution in [0.15, 0.2) is 47.6 Å². The number of nitrogens with zero attached hydrogens (tertiary/aromatic N) is 2. The van der Waals surface area contributed by atoms with Crippen molar-refractivity contribution in [2.24, 2.45) is 0 Å². The molecule has 6 nitrogen and oxygen atoms in total. The van der Waals surface area contributed by atoms with Crippen molar-refractivity contribution < 1.29 is 22.7 Å². The van der Waals surface area contributed by atoms with Crippen LogP contribution >= 0.6 is 0 Å². The number of sulfonamides is 1. The maximum atomic E-state index is 13.6. The lowest BCUT2D eigenvalue weighted by molar-refractivity contribution is -0.255. The third-order valence-corrected chi connectivity index (χ3v) is 6.19. The van der Waals surface area contributed by atoms with Gasteiger partial charge < -0.3 is 9.90 Å². The maximum absolute atomic E-state index is 13.6. The van der Waals surface area contributed by atoms with Gasteiger partial charge in [0.05, 0.1) is 16.9 Å². The summed E-state index contributed by atoms with van der Waals surface area (Å²) in [6.07, 6.45) is 5.44. The van der Waals surface area contributed by atoms with E-state index in [1.807, 2.05) is 6.07 Å². The predicted octanol–water partition coefficient (Wildman–Crippen LogP) is 1.50. The number of carboxylic acids is 1. The number of piperidine rings is 1. The molecule has 132 valence electrons. The van der Waals surface area contributed by atoms with Crippen LogP contribution in [0.25, 0.3) is 0 Å². The Balaban J connectivity index is 2.03. The average Bonchev–Trinajstić information content (AvgIpc) is 2.62. The highest BCUT2D eigenvalue weighted by molar-refractivity contribution is 7.89. The summed E-state index contributed by atoms with van der Waals surface area (Å²) < 4.78 is 40.9. The molecule has 0 saturated carbocycles. The predicted molar refractivity (Wildman–Crippen MR) is 85.5 cm³/mol. The molecule has 2 aromatic rings. The van der Waals surface area contributed by atoms with Crippen molar-refractivity contribution in [3.05, 3.63) is 59.7 Å². The lowest BCUT2D eigenvalue weighted by atomic mass is 9.99. The Bertz CT molecular complexity index is 887. The van der Waals surface area contributed by atoms with E-state index in [1.54, 1.807) is 18.5 Å². The molecule has 1 fully saturated rings. The molecule has 0 aliphatic carbocycles. The van der Waals surface area contributed by atoms with Crippen LogP contribution in [-0.2, 0) is 10.0 Å². The molecule has 0 spiro atoms. The summed E-state index contributed by atoms with van der Waals surface area (Å²) in [6, 6.07) is 5.88. The Kier molecular flexibility index (Phi) is 4.82. The van der Waals surface area contributed by atoms with E-state index in [2.05, 4.69) is 4.98 Å². The molecular formula is C17H16FN2O4S-. The second kappa shape index (κ2) is 6.89. The number of halogens is 1. The molecule has 1 aliphatic heterocycles. The quantitative estimate of drug-likeness (QED) is 0.821. The minimum Gasteiger partial charge on any atom is -0.545 e. The van der Waals surface area contributed by atoms with Gasteiger partial charge in [0.1, 0.15) is 5.82 Å². The first-order chi connectivity index (χ1) is 11.9. The van der Waals surface area contributed by atoms with Gasteiger partial charge in [-0.1, -0.05) is 12.5 Å². The second-order valence-electron chi connectivity index (χ2n) is 5.84. The Morgan fingerprint density at radius 1 is 1.28 bits per heavy atom. The van der Waals surface area contributed by atoms with Gasteiger partial charge in [-0.3, -0.25) is 4.98 Å². The van der Waals surface area contributed by atoms with Gasteiger partial charge in [-0.15, -0.1) is 0 Å². The molecule has 0 bridgehead atoms. The molecule has 0 N–H and O–H groups in total. The molecule has 1 aromatic carbocycles. The van der Waals surface area contributed by atoms with E-state index in [1.165, 1.54) is 4.31 Å². The number of rotatable bonds is 4. The number of carboxylic acid groups (broad SMARTS) is 1. The van der Waals surface area contributed by atoms with Gasteiger partial charge >= 0.3 is 0 Å². The first-order valence-electron chi connectivity index (χ1n) is 7.84. The topological polar surface area (TPSA) is 90.4 Å². The number of pyridine rings is 1. The van der Waals surface area contributed by atoms with Gasteiger partial charge in [-0.05, 0) is 42.7 Å². The van der Waals surface area contributed by atoms with Crippen LogP contribution in [0.3, 0.4) is 0 Å².